The molecule has 6 nitrogen and oxygen atoms in total. The summed E-state index contributed by atoms with van der Waals surface area (Å²) in [7, 11) is 0. The minimum Gasteiger partial charge on any atom is -0.480 e. The second kappa shape index (κ2) is 9.45. The predicted octanol–water partition coefficient (Wildman–Crippen LogP) is 4.07. The van der Waals surface area contributed by atoms with Crippen LogP contribution >= 0.6 is 0 Å². The maximum absolute atomic E-state index is 12.5. The number of fused-ring (bicyclic) bond motifs is 3. The van der Waals surface area contributed by atoms with E-state index in [1.54, 1.807) is 0 Å². The van der Waals surface area contributed by atoms with Gasteiger partial charge in [-0.05, 0) is 34.2 Å². The fraction of sp³-hybridized carbons (Fsp3) is 0.200. The van der Waals surface area contributed by atoms with Crippen molar-refractivity contribution < 1.29 is 19.4 Å². The Hall–Kier alpha value is -3.64. The molecular weight excluding hydrogens is 392 g/mol. The highest BCUT2D eigenvalue weighted by Crippen LogP contribution is 2.44. The summed E-state index contributed by atoms with van der Waals surface area (Å²) >= 11 is 0. The van der Waals surface area contributed by atoms with E-state index in [4.69, 9.17) is 4.74 Å². The van der Waals surface area contributed by atoms with Crippen LogP contribution < -0.4 is 5.43 Å². The maximum Gasteiger partial charge on any atom is 0.421 e. The molecule has 0 saturated heterocycles. The van der Waals surface area contributed by atoms with Crippen LogP contribution in [0.15, 0.2) is 78.9 Å². The van der Waals surface area contributed by atoms with Crippen LogP contribution in [0.1, 0.15) is 22.6 Å². The Balaban J connectivity index is 1.38. The third-order valence-corrected chi connectivity index (χ3v) is 5.43. The minimum atomic E-state index is -1.02. The van der Waals surface area contributed by atoms with Crippen LogP contribution in [0.2, 0.25) is 0 Å². The molecule has 1 aliphatic carbocycles. The van der Waals surface area contributed by atoms with Crippen LogP contribution in [0.4, 0.5) is 4.79 Å². The van der Waals surface area contributed by atoms with Gasteiger partial charge in [0.15, 0.2) is 0 Å². The second-order valence-electron chi connectivity index (χ2n) is 7.49. The number of carbonyl (C=O) groups is 2. The molecule has 0 radical (unpaired) electrons. The van der Waals surface area contributed by atoms with Gasteiger partial charge in [-0.2, -0.15) is 0 Å². The smallest absolute Gasteiger partial charge is 0.421 e. The lowest BCUT2D eigenvalue weighted by atomic mass is 9.98. The summed E-state index contributed by atoms with van der Waals surface area (Å²) in [5.41, 5.74) is 8.21. The number of aliphatic carboxylic acids is 1. The Labute approximate surface area is 181 Å². The quantitative estimate of drug-likeness (QED) is 0.541. The number of benzene rings is 3. The molecule has 0 aliphatic heterocycles. The molecule has 0 spiro atoms. The fourth-order valence-electron chi connectivity index (χ4n) is 4.01. The zero-order valence-electron chi connectivity index (χ0n) is 17.0. The zero-order valence-corrected chi connectivity index (χ0v) is 17.0. The molecule has 0 unspecified atom stereocenters. The van der Waals surface area contributed by atoms with Crippen molar-refractivity contribution in [2.75, 3.05) is 19.7 Å². The van der Waals surface area contributed by atoms with Crippen LogP contribution in [0.3, 0.4) is 0 Å². The molecule has 6 heteroatoms. The van der Waals surface area contributed by atoms with Crippen LogP contribution in [0.5, 0.6) is 0 Å². The monoisotopic (exact) mass is 416 g/mol. The van der Waals surface area contributed by atoms with E-state index in [0.29, 0.717) is 13.0 Å². The van der Waals surface area contributed by atoms with Gasteiger partial charge in [-0.1, -0.05) is 78.9 Å². The average Bonchev–Trinajstić information content (AvgIpc) is 3.10. The number of carboxylic acid groups (broad SMARTS) is 1. The van der Waals surface area contributed by atoms with E-state index >= 15 is 0 Å². The molecule has 0 saturated carbocycles. The van der Waals surface area contributed by atoms with E-state index in [1.165, 1.54) is 5.01 Å². The molecule has 1 amide bonds. The van der Waals surface area contributed by atoms with Crippen molar-refractivity contribution >= 4 is 12.1 Å². The van der Waals surface area contributed by atoms with Gasteiger partial charge in [0.25, 0.3) is 0 Å². The maximum atomic E-state index is 12.5. The first-order valence-corrected chi connectivity index (χ1v) is 10.2. The Kier molecular flexibility index (Phi) is 6.29. The molecule has 2 N–H and O–H groups in total. The van der Waals surface area contributed by atoms with Gasteiger partial charge in [0.1, 0.15) is 13.2 Å². The highest BCUT2D eigenvalue weighted by molar-refractivity contribution is 5.79. The number of hydrogen-bond acceptors (Lipinski definition) is 4. The molecule has 31 heavy (non-hydrogen) atoms. The normalized spacial score (nSPS) is 12.3. The first-order valence-electron chi connectivity index (χ1n) is 10.2. The minimum absolute atomic E-state index is 0.0459. The number of rotatable bonds is 8. The third kappa shape index (κ3) is 4.92. The predicted molar refractivity (Wildman–Crippen MR) is 118 cm³/mol. The Bertz CT molecular complexity index is 1020. The molecule has 0 aromatic heterocycles. The Morgan fingerprint density at radius 2 is 1.45 bits per heavy atom. The fourth-order valence-corrected chi connectivity index (χ4v) is 4.01. The molecule has 3 aromatic rings. The number of carboxylic acids is 1. The number of ether oxygens (including phenoxy) is 1. The highest BCUT2D eigenvalue weighted by atomic mass is 16.6. The lowest BCUT2D eigenvalue weighted by Gasteiger charge is -2.22. The summed E-state index contributed by atoms with van der Waals surface area (Å²) in [6, 6.07) is 25.9. The first-order chi connectivity index (χ1) is 15.1. The summed E-state index contributed by atoms with van der Waals surface area (Å²) < 4.78 is 5.52. The van der Waals surface area contributed by atoms with E-state index in [2.05, 4.69) is 29.7 Å². The van der Waals surface area contributed by atoms with Crippen molar-refractivity contribution in [3.05, 3.63) is 95.6 Å². The Morgan fingerprint density at radius 3 is 2.06 bits per heavy atom. The third-order valence-electron chi connectivity index (χ3n) is 5.43. The SMILES string of the molecule is O=C(O)CN(CCc1ccccc1)NC(=O)OCC1c2ccccc2-c2ccccc21. The number of nitrogens with one attached hydrogen (secondary N) is 1. The lowest BCUT2D eigenvalue weighted by molar-refractivity contribution is -0.138. The number of carbonyl (C=O) groups excluding carboxylic acids is 1. The van der Waals surface area contributed by atoms with E-state index in [0.717, 1.165) is 27.8 Å². The summed E-state index contributed by atoms with van der Waals surface area (Å²) in [6.07, 6.45) is -0.0474. The summed E-state index contributed by atoms with van der Waals surface area (Å²) in [6.45, 7) is 0.233. The van der Waals surface area contributed by atoms with Crippen molar-refractivity contribution in [3.8, 4) is 11.1 Å². The van der Waals surface area contributed by atoms with Gasteiger partial charge < -0.3 is 9.84 Å². The van der Waals surface area contributed by atoms with Gasteiger partial charge in [0.2, 0.25) is 0 Å². The molecule has 1 aliphatic rings. The first kappa shape index (κ1) is 20.6. The molecule has 0 heterocycles. The van der Waals surface area contributed by atoms with Gasteiger partial charge in [-0.25, -0.2) is 9.80 Å². The van der Waals surface area contributed by atoms with Crippen LogP contribution in [0.25, 0.3) is 11.1 Å². The topological polar surface area (TPSA) is 78.9 Å². The van der Waals surface area contributed by atoms with E-state index in [-0.39, 0.29) is 19.1 Å². The lowest BCUT2D eigenvalue weighted by Crippen LogP contribution is -2.46. The summed E-state index contributed by atoms with van der Waals surface area (Å²) in [5.74, 6) is -1.07. The highest BCUT2D eigenvalue weighted by Gasteiger charge is 2.29. The van der Waals surface area contributed by atoms with Crippen molar-refractivity contribution in [2.24, 2.45) is 0 Å². The average molecular weight is 416 g/mol. The van der Waals surface area contributed by atoms with Crippen molar-refractivity contribution in [1.82, 2.24) is 10.4 Å². The summed E-state index contributed by atoms with van der Waals surface area (Å²) in [5, 5.41) is 10.6. The van der Waals surface area contributed by atoms with Gasteiger partial charge in [0, 0.05) is 12.5 Å². The standard InChI is InChI=1S/C25H24N2O4/c28-24(29)16-27(15-14-18-8-2-1-3-9-18)26-25(30)31-17-23-21-12-6-4-10-19(21)20-11-5-7-13-22(20)23/h1-13,23H,14-17H2,(H,26,30)(H,28,29). The Morgan fingerprint density at radius 1 is 0.871 bits per heavy atom. The van der Waals surface area contributed by atoms with Crippen molar-refractivity contribution in [3.63, 3.8) is 0 Å². The van der Waals surface area contributed by atoms with E-state index in [1.807, 2.05) is 54.6 Å². The molecular formula is C25H24N2O4. The number of hydrogen-bond donors (Lipinski definition) is 2. The van der Waals surface area contributed by atoms with Gasteiger partial charge >= 0.3 is 12.1 Å². The number of amides is 1. The number of hydrazine groups is 1. The van der Waals surface area contributed by atoms with E-state index < -0.39 is 12.1 Å². The largest absolute Gasteiger partial charge is 0.480 e. The van der Waals surface area contributed by atoms with Gasteiger partial charge in [0.05, 0.1) is 0 Å². The second-order valence-corrected chi connectivity index (χ2v) is 7.49. The molecule has 0 bridgehead atoms. The summed E-state index contributed by atoms with van der Waals surface area (Å²) in [4.78, 5) is 23.7. The van der Waals surface area contributed by atoms with Crippen LogP contribution in [0, 0.1) is 0 Å². The molecule has 158 valence electrons. The van der Waals surface area contributed by atoms with Gasteiger partial charge in [-0.3, -0.25) is 10.2 Å². The van der Waals surface area contributed by atoms with Crippen LogP contribution in [-0.2, 0) is 16.0 Å². The van der Waals surface area contributed by atoms with Gasteiger partial charge in [-0.15, -0.1) is 0 Å². The number of nitrogens with zero attached hydrogens (tertiary/aromatic N) is 1. The van der Waals surface area contributed by atoms with E-state index in [9.17, 15) is 14.7 Å². The molecule has 3 aromatic carbocycles. The molecule has 0 fully saturated rings. The molecule has 4 rings (SSSR count). The van der Waals surface area contributed by atoms with Crippen LogP contribution in [-0.4, -0.2) is 41.9 Å². The van der Waals surface area contributed by atoms with Crippen molar-refractivity contribution in [2.45, 2.75) is 12.3 Å². The van der Waals surface area contributed by atoms with Crippen molar-refractivity contribution in [1.29, 1.82) is 0 Å². The zero-order chi connectivity index (χ0) is 21.6. The molecule has 0 atom stereocenters.